The second kappa shape index (κ2) is 5.60. The molecule has 1 aliphatic rings. The van der Waals surface area contributed by atoms with Gasteiger partial charge in [0.1, 0.15) is 0 Å². The number of nitrogens with zero attached hydrogens (tertiary/aromatic N) is 2. The van der Waals surface area contributed by atoms with Crippen molar-refractivity contribution in [2.45, 2.75) is 39.2 Å². The minimum Gasteiger partial charge on any atom is -0.381 e. The normalized spacial score (nSPS) is 23.8. The summed E-state index contributed by atoms with van der Waals surface area (Å²) in [6, 6.07) is -0.152. The van der Waals surface area contributed by atoms with E-state index in [9.17, 15) is 0 Å². The van der Waals surface area contributed by atoms with Gasteiger partial charge in [0.25, 0.3) is 0 Å². The van der Waals surface area contributed by atoms with Crippen molar-refractivity contribution >= 4 is 0 Å². The molecule has 1 aromatic heterocycles. The van der Waals surface area contributed by atoms with E-state index in [2.05, 4.69) is 24.0 Å². The van der Waals surface area contributed by atoms with Crippen LogP contribution >= 0.6 is 0 Å². The van der Waals surface area contributed by atoms with Crippen LogP contribution in [0, 0.1) is 11.8 Å². The van der Waals surface area contributed by atoms with E-state index >= 15 is 0 Å². The van der Waals surface area contributed by atoms with Crippen molar-refractivity contribution in [3.05, 3.63) is 11.7 Å². The summed E-state index contributed by atoms with van der Waals surface area (Å²) in [5.41, 5.74) is 6.05. The number of rotatable bonds is 5. The summed E-state index contributed by atoms with van der Waals surface area (Å²) in [4.78, 5) is 4.38. The lowest BCUT2D eigenvalue weighted by Gasteiger charge is -2.13. The Balaban J connectivity index is 1.95. The van der Waals surface area contributed by atoms with E-state index in [4.69, 9.17) is 15.0 Å². The number of aromatic nitrogens is 2. The van der Waals surface area contributed by atoms with Gasteiger partial charge in [0.2, 0.25) is 5.89 Å². The minimum absolute atomic E-state index is 0.152. The largest absolute Gasteiger partial charge is 0.381 e. The van der Waals surface area contributed by atoms with Crippen LogP contribution in [0.25, 0.3) is 0 Å². The van der Waals surface area contributed by atoms with Crippen molar-refractivity contribution in [1.82, 2.24) is 10.1 Å². The van der Waals surface area contributed by atoms with Gasteiger partial charge in [0.15, 0.2) is 5.82 Å². The zero-order valence-electron chi connectivity index (χ0n) is 10.6. The molecule has 0 aromatic carbocycles. The molecule has 17 heavy (non-hydrogen) atoms. The minimum atomic E-state index is -0.152. The fourth-order valence-electron chi connectivity index (χ4n) is 1.99. The Morgan fingerprint density at radius 2 is 2.35 bits per heavy atom. The van der Waals surface area contributed by atoms with Crippen LogP contribution in [0.15, 0.2) is 4.52 Å². The molecule has 1 saturated heterocycles. The SMILES string of the molecule is CC[C@H](C)[C@H](N)c1nc(CC2CCOC2)no1. The molecule has 5 heteroatoms. The molecule has 0 aliphatic carbocycles. The van der Waals surface area contributed by atoms with Crippen LogP contribution in [0.1, 0.15) is 44.4 Å². The predicted octanol–water partition coefficient (Wildman–Crippen LogP) is 1.69. The molecule has 2 N–H and O–H groups in total. The molecular weight excluding hydrogens is 218 g/mol. The monoisotopic (exact) mass is 239 g/mol. The van der Waals surface area contributed by atoms with Crippen molar-refractivity contribution in [2.75, 3.05) is 13.2 Å². The molecule has 1 unspecified atom stereocenters. The fourth-order valence-corrected chi connectivity index (χ4v) is 1.99. The van der Waals surface area contributed by atoms with Gasteiger partial charge < -0.3 is 15.0 Å². The summed E-state index contributed by atoms with van der Waals surface area (Å²) < 4.78 is 10.6. The average Bonchev–Trinajstić information content (AvgIpc) is 2.99. The molecule has 3 atom stereocenters. The molecule has 96 valence electrons. The van der Waals surface area contributed by atoms with Gasteiger partial charge in [-0.05, 0) is 18.3 Å². The highest BCUT2D eigenvalue weighted by atomic mass is 16.5. The van der Waals surface area contributed by atoms with Crippen molar-refractivity contribution in [1.29, 1.82) is 0 Å². The van der Waals surface area contributed by atoms with E-state index < -0.39 is 0 Å². The molecule has 0 spiro atoms. The maximum Gasteiger partial charge on any atom is 0.243 e. The highest BCUT2D eigenvalue weighted by Crippen LogP contribution is 2.22. The van der Waals surface area contributed by atoms with Crippen LogP contribution in [0.2, 0.25) is 0 Å². The van der Waals surface area contributed by atoms with Gasteiger partial charge in [0, 0.05) is 19.6 Å². The molecule has 2 rings (SSSR count). The molecular formula is C12H21N3O2. The molecule has 0 amide bonds. The first-order valence-corrected chi connectivity index (χ1v) is 6.36. The maximum absolute atomic E-state index is 6.05. The summed E-state index contributed by atoms with van der Waals surface area (Å²) in [5, 5.41) is 4.00. The Bertz CT molecular complexity index is 347. The molecule has 0 saturated carbocycles. The van der Waals surface area contributed by atoms with Crippen LogP contribution in [-0.4, -0.2) is 23.4 Å². The molecule has 0 radical (unpaired) electrons. The molecule has 1 aliphatic heterocycles. The zero-order valence-corrected chi connectivity index (χ0v) is 10.6. The Morgan fingerprint density at radius 3 is 3.00 bits per heavy atom. The number of hydrogen-bond acceptors (Lipinski definition) is 5. The highest BCUT2D eigenvalue weighted by molar-refractivity contribution is 4.95. The Hall–Kier alpha value is -0.940. The standard InChI is InChI=1S/C12H21N3O2/c1-3-8(2)11(13)12-14-10(15-17-12)6-9-4-5-16-7-9/h8-9,11H,3-7,13H2,1-2H3/t8-,9?,11-/m0/s1. The van der Waals surface area contributed by atoms with Crippen LogP contribution in [0.4, 0.5) is 0 Å². The van der Waals surface area contributed by atoms with Gasteiger partial charge in [0.05, 0.1) is 6.04 Å². The summed E-state index contributed by atoms with van der Waals surface area (Å²) in [6.07, 6.45) is 2.92. The smallest absolute Gasteiger partial charge is 0.243 e. The van der Waals surface area contributed by atoms with Gasteiger partial charge in [-0.2, -0.15) is 4.98 Å². The third-order valence-corrected chi connectivity index (χ3v) is 3.52. The lowest BCUT2D eigenvalue weighted by Crippen LogP contribution is -2.19. The first-order valence-electron chi connectivity index (χ1n) is 6.36. The number of nitrogens with two attached hydrogens (primary N) is 1. The van der Waals surface area contributed by atoms with Crippen LogP contribution in [0.3, 0.4) is 0 Å². The zero-order chi connectivity index (χ0) is 12.3. The second-order valence-electron chi connectivity index (χ2n) is 4.89. The van der Waals surface area contributed by atoms with E-state index in [0.29, 0.717) is 17.7 Å². The van der Waals surface area contributed by atoms with Crippen LogP contribution in [-0.2, 0) is 11.2 Å². The van der Waals surface area contributed by atoms with E-state index in [-0.39, 0.29) is 6.04 Å². The number of ether oxygens (including phenoxy) is 1. The molecule has 5 nitrogen and oxygen atoms in total. The second-order valence-corrected chi connectivity index (χ2v) is 4.89. The lowest BCUT2D eigenvalue weighted by molar-refractivity contribution is 0.185. The third kappa shape index (κ3) is 3.04. The highest BCUT2D eigenvalue weighted by Gasteiger charge is 2.22. The van der Waals surface area contributed by atoms with Crippen molar-refractivity contribution in [3.8, 4) is 0 Å². The molecule has 2 heterocycles. The molecule has 1 fully saturated rings. The maximum atomic E-state index is 6.05. The van der Waals surface area contributed by atoms with Gasteiger partial charge in [-0.3, -0.25) is 0 Å². The third-order valence-electron chi connectivity index (χ3n) is 3.52. The fraction of sp³-hybridized carbons (Fsp3) is 0.833. The first-order chi connectivity index (χ1) is 8.20. The molecule has 0 bridgehead atoms. The quantitative estimate of drug-likeness (QED) is 0.846. The van der Waals surface area contributed by atoms with E-state index in [1.807, 2.05) is 0 Å². The van der Waals surface area contributed by atoms with Crippen molar-refractivity contribution in [2.24, 2.45) is 17.6 Å². The number of hydrogen-bond donors (Lipinski definition) is 1. The van der Waals surface area contributed by atoms with Crippen LogP contribution < -0.4 is 5.73 Å². The van der Waals surface area contributed by atoms with Crippen LogP contribution in [0.5, 0.6) is 0 Å². The van der Waals surface area contributed by atoms with Gasteiger partial charge in [-0.15, -0.1) is 0 Å². The Kier molecular flexibility index (Phi) is 4.12. The molecule has 1 aromatic rings. The van der Waals surface area contributed by atoms with E-state index in [0.717, 1.165) is 38.3 Å². The topological polar surface area (TPSA) is 74.2 Å². The Morgan fingerprint density at radius 1 is 1.53 bits per heavy atom. The predicted molar refractivity (Wildman–Crippen MR) is 63.3 cm³/mol. The summed E-state index contributed by atoms with van der Waals surface area (Å²) in [7, 11) is 0. The first kappa shape index (κ1) is 12.5. The Labute approximate surface area is 102 Å². The van der Waals surface area contributed by atoms with E-state index in [1.54, 1.807) is 0 Å². The van der Waals surface area contributed by atoms with Crippen molar-refractivity contribution < 1.29 is 9.26 Å². The van der Waals surface area contributed by atoms with Gasteiger partial charge in [-0.1, -0.05) is 25.4 Å². The van der Waals surface area contributed by atoms with Crippen molar-refractivity contribution in [3.63, 3.8) is 0 Å². The summed E-state index contributed by atoms with van der Waals surface area (Å²) in [6.45, 7) is 5.86. The van der Waals surface area contributed by atoms with E-state index in [1.165, 1.54) is 0 Å². The van der Waals surface area contributed by atoms with Gasteiger partial charge >= 0.3 is 0 Å². The summed E-state index contributed by atoms with van der Waals surface area (Å²) >= 11 is 0. The lowest BCUT2D eigenvalue weighted by atomic mass is 10.0. The van der Waals surface area contributed by atoms with Gasteiger partial charge in [-0.25, -0.2) is 0 Å². The average molecular weight is 239 g/mol. The summed E-state index contributed by atoms with van der Waals surface area (Å²) in [5.74, 6) is 2.21.